The number of amidine groups is 1. The summed E-state index contributed by atoms with van der Waals surface area (Å²) in [6, 6.07) is 14.3. The third kappa shape index (κ3) is 6.09. The van der Waals surface area contributed by atoms with Crippen LogP contribution in [0, 0.1) is 0 Å². The van der Waals surface area contributed by atoms with Crippen molar-refractivity contribution in [2.45, 2.75) is 38.1 Å². The van der Waals surface area contributed by atoms with Gasteiger partial charge in [-0.05, 0) is 49.2 Å². The van der Waals surface area contributed by atoms with Gasteiger partial charge in [-0.15, -0.1) is 0 Å². The lowest BCUT2D eigenvalue weighted by atomic mass is 9.96. The average molecular weight is 526 g/mol. The van der Waals surface area contributed by atoms with E-state index in [1.807, 2.05) is 12.1 Å². The van der Waals surface area contributed by atoms with Crippen LogP contribution in [0.5, 0.6) is 0 Å². The molecule has 0 spiro atoms. The highest BCUT2D eigenvalue weighted by Crippen LogP contribution is 2.31. The Labute approximate surface area is 208 Å². The van der Waals surface area contributed by atoms with Gasteiger partial charge in [0.05, 0.1) is 28.7 Å². The summed E-state index contributed by atoms with van der Waals surface area (Å²) in [6.07, 6.45) is 6.27. The van der Waals surface area contributed by atoms with Crippen molar-refractivity contribution in [2.24, 2.45) is 4.99 Å². The molecule has 3 aromatic rings. The fourth-order valence-corrected chi connectivity index (χ4v) is 5.00. The molecule has 6 nitrogen and oxygen atoms in total. The smallest absolute Gasteiger partial charge is 0.231 e. The van der Waals surface area contributed by atoms with Gasteiger partial charge < -0.3 is 0 Å². The van der Waals surface area contributed by atoms with Gasteiger partial charge in [0, 0.05) is 15.6 Å². The molecule has 1 saturated carbocycles. The maximum Gasteiger partial charge on any atom is 0.231 e. The zero-order chi connectivity index (χ0) is 23.6. The van der Waals surface area contributed by atoms with E-state index in [1.54, 1.807) is 41.1 Å². The lowest BCUT2D eigenvalue weighted by Crippen LogP contribution is -2.32. The van der Waals surface area contributed by atoms with Crippen molar-refractivity contribution in [2.75, 3.05) is 6.26 Å². The molecule has 0 radical (unpaired) electrons. The third-order valence-corrected chi connectivity index (χ3v) is 6.75. The highest BCUT2D eigenvalue weighted by atomic mass is 35.5. The summed E-state index contributed by atoms with van der Waals surface area (Å²) in [5.41, 5.74) is 2.55. The second kappa shape index (κ2) is 10.1. The third-order valence-electron chi connectivity index (χ3n) is 5.40. The van der Waals surface area contributed by atoms with Gasteiger partial charge in [0.2, 0.25) is 10.0 Å². The molecule has 0 atom stereocenters. The Bertz CT molecular complexity index is 1280. The van der Waals surface area contributed by atoms with Crippen LogP contribution in [0.25, 0.3) is 16.9 Å². The molecule has 0 saturated heterocycles. The van der Waals surface area contributed by atoms with Crippen LogP contribution in [0.2, 0.25) is 15.1 Å². The second-order valence-electron chi connectivity index (χ2n) is 8.07. The molecular formula is C23H23Cl3N4O2S. The Balaban J connectivity index is 1.87. The lowest BCUT2D eigenvalue weighted by Gasteiger charge is -2.19. The Kier molecular flexibility index (Phi) is 7.34. The van der Waals surface area contributed by atoms with Crippen molar-refractivity contribution in [3.63, 3.8) is 0 Å². The molecule has 10 heteroatoms. The highest BCUT2D eigenvalue weighted by molar-refractivity contribution is 7.89. The van der Waals surface area contributed by atoms with Crippen LogP contribution >= 0.6 is 34.8 Å². The number of aromatic nitrogens is 2. The number of hydrogen-bond acceptors (Lipinski definition) is 4. The number of nitrogens with zero attached hydrogens (tertiary/aromatic N) is 3. The molecule has 0 aliphatic heterocycles. The van der Waals surface area contributed by atoms with Crippen molar-refractivity contribution < 1.29 is 8.42 Å². The van der Waals surface area contributed by atoms with E-state index in [0.29, 0.717) is 32.1 Å². The van der Waals surface area contributed by atoms with E-state index in [4.69, 9.17) is 44.9 Å². The molecule has 1 aromatic heterocycles. The fourth-order valence-electron chi connectivity index (χ4n) is 3.87. The number of halogens is 3. The molecule has 1 aliphatic rings. The topological polar surface area (TPSA) is 76.3 Å². The predicted octanol–water partition coefficient (Wildman–Crippen LogP) is 6.13. The summed E-state index contributed by atoms with van der Waals surface area (Å²) in [4.78, 5) is 4.76. The molecule has 0 bridgehead atoms. The first-order chi connectivity index (χ1) is 15.7. The second-order valence-corrected chi connectivity index (χ2v) is 11.1. The van der Waals surface area contributed by atoms with Gasteiger partial charge in [-0.1, -0.05) is 66.2 Å². The van der Waals surface area contributed by atoms with Crippen LogP contribution in [-0.2, 0) is 10.0 Å². The van der Waals surface area contributed by atoms with Crippen LogP contribution in [0.1, 0.15) is 37.8 Å². The zero-order valence-corrected chi connectivity index (χ0v) is 21.0. The minimum Gasteiger partial charge on any atom is -0.266 e. The number of aliphatic imine (C=N–C) groups is 1. The van der Waals surface area contributed by atoms with Crippen LogP contribution in [-0.4, -0.2) is 36.3 Å². The predicted molar refractivity (Wildman–Crippen MR) is 135 cm³/mol. The van der Waals surface area contributed by atoms with Gasteiger partial charge in [-0.25, -0.2) is 13.1 Å². The summed E-state index contributed by atoms with van der Waals surface area (Å²) in [5, 5.41) is 6.24. The van der Waals surface area contributed by atoms with Crippen molar-refractivity contribution in [1.29, 1.82) is 0 Å². The molecule has 174 valence electrons. The van der Waals surface area contributed by atoms with E-state index in [0.717, 1.165) is 37.5 Å². The summed E-state index contributed by atoms with van der Waals surface area (Å²) < 4.78 is 28.5. The van der Waals surface area contributed by atoms with Gasteiger partial charge >= 0.3 is 0 Å². The van der Waals surface area contributed by atoms with Gasteiger partial charge in [0.25, 0.3) is 0 Å². The Morgan fingerprint density at radius 2 is 1.67 bits per heavy atom. The van der Waals surface area contributed by atoms with Crippen molar-refractivity contribution in [1.82, 2.24) is 14.5 Å². The SMILES string of the molecule is CS(=O)(=O)NC(=NC1CCCCC1)c1cc(-c2ccc(Cl)cc2)n(-c2ccc(Cl)cc2Cl)n1. The van der Waals surface area contributed by atoms with Crippen LogP contribution in [0.3, 0.4) is 0 Å². The van der Waals surface area contributed by atoms with Crippen LogP contribution in [0.15, 0.2) is 53.5 Å². The number of nitrogens with one attached hydrogen (secondary N) is 1. The molecule has 0 amide bonds. The molecule has 4 rings (SSSR count). The van der Waals surface area contributed by atoms with Gasteiger partial charge in [-0.3, -0.25) is 9.71 Å². The number of rotatable bonds is 5. The van der Waals surface area contributed by atoms with Crippen molar-refractivity contribution in [3.05, 3.63) is 69.3 Å². The molecule has 1 heterocycles. The highest BCUT2D eigenvalue weighted by Gasteiger charge is 2.21. The molecule has 0 unspecified atom stereocenters. The quantitative estimate of drug-likeness (QED) is 0.322. The average Bonchev–Trinajstić information content (AvgIpc) is 3.19. The summed E-state index contributed by atoms with van der Waals surface area (Å²) >= 11 is 18.7. The standard InChI is InChI=1S/C23H23Cl3N4O2S/c1-33(31,32)29-23(27-18-5-3-2-4-6-18)20-14-22(15-7-9-16(24)10-8-15)30(28-20)21-12-11-17(25)13-19(21)26/h7-14,18H,2-6H2,1H3,(H,27,29). The summed E-state index contributed by atoms with van der Waals surface area (Å²) in [5.74, 6) is 0.225. The molecule has 1 fully saturated rings. The first-order valence-electron chi connectivity index (χ1n) is 10.6. The van der Waals surface area contributed by atoms with Crippen LogP contribution < -0.4 is 4.72 Å². The van der Waals surface area contributed by atoms with Gasteiger partial charge in [-0.2, -0.15) is 5.10 Å². The number of hydrogen-bond donors (Lipinski definition) is 1. The van der Waals surface area contributed by atoms with Crippen molar-refractivity contribution in [3.8, 4) is 16.9 Å². The maximum atomic E-state index is 12.1. The van der Waals surface area contributed by atoms with Crippen LogP contribution in [0.4, 0.5) is 0 Å². The molecule has 33 heavy (non-hydrogen) atoms. The summed E-state index contributed by atoms with van der Waals surface area (Å²) in [6.45, 7) is 0. The van der Waals surface area contributed by atoms with E-state index in [1.165, 1.54) is 6.42 Å². The molecule has 2 aromatic carbocycles. The van der Waals surface area contributed by atoms with E-state index in [-0.39, 0.29) is 11.9 Å². The Morgan fingerprint density at radius 3 is 2.30 bits per heavy atom. The van der Waals surface area contributed by atoms with E-state index in [9.17, 15) is 8.42 Å². The number of benzene rings is 2. The normalized spacial score (nSPS) is 15.6. The lowest BCUT2D eigenvalue weighted by molar-refractivity contribution is 0.443. The van der Waals surface area contributed by atoms with Crippen molar-refractivity contribution >= 4 is 50.7 Å². The Hall–Kier alpha value is -2.06. The minimum absolute atomic E-state index is 0.0475. The van der Waals surface area contributed by atoms with E-state index >= 15 is 0 Å². The van der Waals surface area contributed by atoms with E-state index < -0.39 is 10.0 Å². The van der Waals surface area contributed by atoms with E-state index in [2.05, 4.69) is 4.72 Å². The first kappa shape index (κ1) is 24.1. The molecular weight excluding hydrogens is 503 g/mol. The first-order valence-corrected chi connectivity index (χ1v) is 13.6. The summed E-state index contributed by atoms with van der Waals surface area (Å²) in [7, 11) is -3.57. The Morgan fingerprint density at radius 1 is 1.00 bits per heavy atom. The van der Waals surface area contributed by atoms with Gasteiger partial charge in [0.1, 0.15) is 5.69 Å². The minimum atomic E-state index is -3.57. The zero-order valence-electron chi connectivity index (χ0n) is 17.9. The largest absolute Gasteiger partial charge is 0.266 e. The molecule has 1 N–H and O–H groups in total. The van der Waals surface area contributed by atoms with Gasteiger partial charge in [0.15, 0.2) is 5.84 Å². The maximum absolute atomic E-state index is 12.1. The molecule has 1 aliphatic carbocycles. The monoisotopic (exact) mass is 524 g/mol. The number of sulfonamides is 1. The fraction of sp³-hybridized carbons (Fsp3) is 0.304.